The Morgan fingerprint density at radius 1 is 1.15 bits per heavy atom. The summed E-state index contributed by atoms with van der Waals surface area (Å²) in [5, 5.41) is 5.61. The van der Waals surface area contributed by atoms with E-state index >= 15 is 0 Å². The van der Waals surface area contributed by atoms with Crippen LogP contribution in [0.25, 0.3) is 0 Å². The van der Waals surface area contributed by atoms with Gasteiger partial charge in [-0.1, -0.05) is 35.9 Å². The van der Waals surface area contributed by atoms with Crippen LogP contribution in [0, 0.1) is 6.92 Å². The summed E-state index contributed by atoms with van der Waals surface area (Å²) in [6, 6.07) is 7.41. The number of nitrogens with one attached hydrogen (secondary N) is 2. The molecule has 1 aliphatic rings. The maximum Gasteiger partial charge on any atom is 0.323 e. The third-order valence-corrected chi connectivity index (χ3v) is 3.00. The van der Waals surface area contributed by atoms with Crippen LogP contribution < -0.4 is 16.4 Å². The number of hydrogen-bond acceptors (Lipinski definition) is 2. The number of aryl methyl sites for hydroxylation is 1. The molecule has 1 aliphatic carbocycles. The summed E-state index contributed by atoms with van der Waals surface area (Å²) in [5.74, 6) is 0. The molecule has 0 atom stereocenters. The van der Waals surface area contributed by atoms with E-state index in [1.807, 2.05) is 55.5 Å². The molecule has 0 unspecified atom stereocenters. The number of amides is 2. The van der Waals surface area contributed by atoms with Gasteiger partial charge in [-0.25, -0.2) is 4.79 Å². The predicted octanol–water partition coefficient (Wildman–Crippen LogP) is 2.85. The van der Waals surface area contributed by atoms with Gasteiger partial charge in [0.1, 0.15) is 0 Å². The predicted molar refractivity (Wildman–Crippen MR) is 82.3 cm³/mol. The Bertz CT molecular complexity index is 568. The van der Waals surface area contributed by atoms with Gasteiger partial charge in [-0.3, -0.25) is 0 Å². The molecular formula is C16H19N3O. The van der Waals surface area contributed by atoms with Crippen LogP contribution in [-0.4, -0.2) is 12.6 Å². The van der Waals surface area contributed by atoms with Crippen LogP contribution >= 0.6 is 0 Å². The minimum Gasteiger partial charge on any atom is -0.327 e. The van der Waals surface area contributed by atoms with E-state index in [-0.39, 0.29) is 6.03 Å². The molecule has 0 heterocycles. The molecule has 4 nitrogen and oxygen atoms in total. The lowest BCUT2D eigenvalue weighted by molar-refractivity contribution is 0.254. The zero-order chi connectivity index (χ0) is 14.4. The highest BCUT2D eigenvalue weighted by Crippen LogP contribution is 2.10. The van der Waals surface area contributed by atoms with Crippen molar-refractivity contribution in [1.82, 2.24) is 5.32 Å². The molecule has 4 N–H and O–H groups in total. The van der Waals surface area contributed by atoms with E-state index in [0.29, 0.717) is 6.54 Å². The molecular weight excluding hydrogens is 250 g/mol. The number of nitrogens with two attached hydrogens (primary N) is 1. The molecule has 2 amide bonds. The monoisotopic (exact) mass is 269 g/mol. The summed E-state index contributed by atoms with van der Waals surface area (Å²) in [6.45, 7) is 2.51. The molecule has 1 aromatic carbocycles. The number of benzene rings is 1. The van der Waals surface area contributed by atoms with Crippen LogP contribution in [0.1, 0.15) is 12.0 Å². The maximum absolute atomic E-state index is 11.9. The van der Waals surface area contributed by atoms with Crippen molar-refractivity contribution in [2.24, 2.45) is 5.73 Å². The molecule has 2 rings (SSSR count). The van der Waals surface area contributed by atoms with Crippen molar-refractivity contribution in [2.45, 2.75) is 13.3 Å². The van der Waals surface area contributed by atoms with Gasteiger partial charge in [0.2, 0.25) is 0 Å². The lowest BCUT2D eigenvalue weighted by atomic mass is 10.2. The highest BCUT2D eigenvalue weighted by molar-refractivity contribution is 5.90. The fourth-order valence-electron chi connectivity index (χ4n) is 1.84. The topological polar surface area (TPSA) is 67.2 Å². The van der Waals surface area contributed by atoms with E-state index < -0.39 is 0 Å². The molecule has 0 aromatic heterocycles. The quantitative estimate of drug-likeness (QED) is 0.790. The van der Waals surface area contributed by atoms with Crippen LogP contribution in [0.15, 0.2) is 59.8 Å². The summed E-state index contributed by atoms with van der Waals surface area (Å²) in [4.78, 5) is 11.9. The number of rotatable bonds is 3. The van der Waals surface area contributed by atoms with Crippen LogP contribution in [0.3, 0.4) is 0 Å². The third-order valence-electron chi connectivity index (χ3n) is 3.00. The standard InChI is InChI=1S/C16H19N3O/c1-12-5-8-15(9-6-12)19-16(20)18-14-4-2-3-13(11-17)7-10-14/h3-10H,2,11,17H2,1H3,(H2,18,19,20). The van der Waals surface area contributed by atoms with Gasteiger partial charge in [-0.2, -0.15) is 0 Å². The Balaban J connectivity index is 1.92. The summed E-state index contributed by atoms with van der Waals surface area (Å²) in [6.07, 6.45) is 8.54. The van der Waals surface area contributed by atoms with Gasteiger partial charge in [-0.05, 0) is 37.1 Å². The third kappa shape index (κ3) is 4.10. The fraction of sp³-hybridized carbons (Fsp3) is 0.188. The summed E-state index contributed by atoms with van der Waals surface area (Å²) >= 11 is 0. The van der Waals surface area contributed by atoms with Crippen molar-refractivity contribution in [3.05, 3.63) is 65.4 Å². The number of urea groups is 1. The lowest BCUT2D eigenvalue weighted by Gasteiger charge is -2.08. The largest absolute Gasteiger partial charge is 0.327 e. The normalized spacial score (nSPS) is 14.1. The smallest absolute Gasteiger partial charge is 0.323 e. The molecule has 0 radical (unpaired) electrons. The Hall–Kier alpha value is -2.33. The number of carbonyl (C=O) groups excluding carboxylic acids is 1. The van der Waals surface area contributed by atoms with Crippen LogP contribution in [-0.2, 0) is 0 Å². The first-order valence-electron chi connectivity index (χ1n) is 6.59. The number of hydrogen-bond donors (Lipinski definition) is 3. The van der Waals surface area contributed by atoms with Gasteiger partial charge in [-0.15, -0.1) is 0 Å². The minimum absolute atomic E-state index is 0.249. The highest BCUT2D eigenvalue weighted by Gasteiger charge is 2.04. The van der Waals surface area contributed by atoms with Crippen molar-refractivity contribution >= 4 is 11.7 Å². The van der Waals surface area contributed by atoms with E-state index in [0.717, 1.165) is 28.9 Å². The first-order valence-corrected chi connectivity index (χ1v) is 6.59. The summed E-state index contributed by atoms with van der Waals surface area (Å²) in [5.41, 5.74) is 9.36. The fourth-order valence-corrected chi connectivity index (χ4v) is 1.84. The highest BCUT2D eigenvalue weighted by atomic mass is 16.2. The number of anilines is 1. The minimum atomic E-state index is -0.249. The van der Waals surface area contributed by atoms with Gasteiger partial charge < -0.3 is 16.4 Å². The lowest BCUT2D eigenvalue weighted by Crippen LogP contribution is -2.27. The van der Waals surface area contributed by atoms with E-state index in [4.69, 9.17) is 5.73 Å². The van der Waals surface area contributed by atoms with Crippen LogP contribution in [0.2, 0.25) is 0 Å². The molecule has 20 heavy (non-hydrogen) atoms. The van der Waals surface area contributed by atoms with Gasteiger partial charge in [0.15, 0.2) is 0 Å². The van der Waals surface area contributed by atoms with Gasteiger partial charge in [0, 0.05) is 17.9 Å². The Kier molecular flexibility index (Phi) is 4.74. The van der Waals surface area contributed by atoms with Gasteiger partial charge in [0.05, 0.1) is 0 Å². The Labute approximate surface area is 119 Å². The molecule has 0 spiro atoms. The molecule has 1 aromatic rings. The Morgan fingerprint density at radius 2 is 1.90 bits per heavy atom. The second-order valence-corrected chi connectivity index (χ2v) is 4.66. The van der Waals surface area contributed by atoms with E-state index in [1.165, 1.54) is 0 Å². The molecule has 4 heteroatoms. The van der Waals surface area contributed by atoms with Crippen molar-refractivity contribution in [3.8, 4) is 0 Å². The van der Waals surface area contributed by atoms with Crippen molar-refractivity contribution in [2.75, 3.05) is 11.9 Å². The number of allylic oxidation sites excluding steroid dienone is 3. The maximum atomic E-state index is 11.9. The first-order chi connectivity index (χ1) is 9.67. The van der Waals surface area contributed by atoms with Crippen LogP contribution in [0.5, 0.6) is 0 Å². The molecule has 0 saturated carbocycles. The van der Waals surface area contributed by atoms with E-state index in [9.17, 15) is 4.79 Å². The zero-order valence-corrected chi connectivity index (χ0v) is 11.5. The SMILES string of the molecule is Cc1ccc(NC(=O)NC2=CCC=C(CN)C=C2)cc1. The first kappa shape index (κ1) is 14.1. The average Bonchev–Trinajstić information content (AvgIpc) is 2.66. The van der Waals surface area contributed by atoms with Crippen molar-refractivity contribution in [1.29, 1.82) is 0 Å². The van der Waals surface area contributed by atoms with Gasteiger partial charge >= 0.3 is 6.03 Å². The van der Waals surface area contributed by atoms with Crippen molar-refractivity contribution < 1.29 is 4.79 Å². The summed E-state index contributed by atoms with van der Waals surface area (Å²) in [7, 11) is 0. The van der Waals surface area contributed by atoms with Gasteiger partial charge in [0.25, 0.3) is 0 Å². The molecule has 0 fully saturated rings. The van der Waals surface area contributed by atoms with Crippen molar-refractivity contribution in [3.63, 3.8) is 0 Å². The molecule has 0 saturated heterocycles. The molecule has 0 bridgehead atoms. The molecule has 104 valence electrons. The summed E-state index contributed by atoms with van der Waals surface area (Å²) < 4.78 is 0. The number of carbonyl (C=O) groups is 1. The molecule has 0 aliphatic heterocycles. The second kappa shape index (κ2) is 6.73. The van der Waals surface area contributed by atoms with Crippen LogP contribution in [0.4, 0.5) is 10.5 Å². The Morgan fingerprint density at radius 3 is 2.60 bits per heavy atom. The average molecular weight is 269 g/mol. The van der Waals surface area contributed by atoms with E-state index in [2.05, 4.69) is 10.6 Å². The second-order valence-electron chi connectivity index (χ2n) is 4.66. The zero-order valence-electron chi connectivity index (χ0n) is 11.5. The van der Waals surface area contributed by atoms with E-state index in [1.54, 1.807) is 0 Å².